The average molecular weight is 530 g/mol. The van der Waals surface area contributed by atoms with Crippen LogP contribution in [0.5, 0.6) is 5.75 Å². The Kier molecular flexibility index (Phi) is 8.06. The third-order valence-electron chi connectivity index (χ3n) is 5.98. The number of nitrogens with zero attached hydrogens (tertiary/aromatic N) is 6. The average Bonchev–Trinajstić information content (AvgIpc) is 3.32. The maximum absolute atomic E-state index is 12.2. The molecule has 0 saturated carbocycles. The molecule has 0 fully saturated rings. The van der Waals surface area contributed by atoms with Gasteiger partial charge in [0.05, 0.1) is 29.7 Å². The molecule has 0 aliphatic rings. The van der Waals surface area contributed by atoms with E-state index in [1.165, 1.54) is 10.8 Å². The molecule has 0 aliphatic carbocycles. The highest BCUT2D eigenvalue weighted by molar-refractivity contribution is 6.04. The number of carbonyl (C=O) groups excluding carboxylic acids is 2. The van der Waals surface area contributed by atoms with Crippen LogP contribution in [0.25, 0.3) is 16.7 Å². The van der Waals surface area contributed by atoms with Gasteiger partial charge in [-0.25, -0.2) is 9.67 Å². The van der Waals surface area contributed by atoms with E-state index in [9.17, 15) is 9.59 Å². The van der Waals surface area contributed by atoms with Crippen LogP contribution in [-0.2, 0) is 4.79 Å². The zero-order chi connectivity index (χ0) is 28.1. The van der Waals surface area contributed by atoms with Gasteiger partial charge in [-0.15, -0.1) is 0 Å². The van der Waals surface area contributed by atoms with E-state index in [4.69, 9.17) is 10.5 Å². The number of ether oxygens (including phenoxy) is 1. The number of fused-ring (bicyclic) bond motifs is 1. The summed E-state index contributed by atoms with van der Waals surface area (Å²) in [5, 5.41) is 11.1. The highest BCUT2D eigenvalue weighted by Crippen LogP contribution is 2.38. The molecule has 0 spiro atoms. The number of hydrogen-bond donors (Lipinski definition) is 3. The molecule has 2 heterocycles. The monoisotopic (exact) mass is 529 g/mol. The third-order valence-corrected chi connectivity index (χ3v) is 5.98. The fraction of sp³-hybridized carbons (Fsp3) is 0.222. The van der Waals surface area contributed by atoms with Gasteiger partial charge >= 0.3 is 0 Å². The van der Waals surface area contributed by atoms with Crippen LogP contribution in [0.2, 0.25) is 0 Å². The van der Waals surface area contributed by atoms with E-state index >= 15 is 0 Å². The van der Waals surface area contributed by atoms with Gasteiger partial charge in [0.25, 0.3) is 5.91 Å². The number of amides is 2. The van der Waals surface area contributed by atoms with Crippen molar-refractivity contribution in [2.24, 2.45) is 5.73 Å². The van der Waals surface area contributed by atoms with Gasteiger partial charge in [-0.2, -0.15) is 10.1 Å². The number of benzene rings is 2. The number of anilines is 4. The molecule has 12 nitrogen and oxygen atoms in total. The van der Waals surface area contributed by atoms with Crippen LogP contribution >= 0.6 is 0 Å². The van der Waals surface area contributed by atoms with Crippen LogP contribution in [0.3, 0.4) is 0 Å². The summed E-state index contributed by atoms with van der Waals surface area (Å²) in [6.07, 6.45) is 2.78. The summed E-state index contributed by atoms with van der Waals surface area (Å²) in [6.45, 7) is 5.09. The molecule has 2 aromatic carbocycles. The van der Waals surface area contributed by atoms with E-state index in [1.807, 2.05) is 50.3 Å². The van der Waals surface area contributed by atoms with Crippen molar-refractivity contribution in [1.82, 2.24) is 24.6 Å². The van der Waals surface area contributed by atoms with Gasteiger partial charge in [0.15, 0.2) is 11.5 Å². The minimum atomic E-state index is -0.633. The van der Waals surface area contributed by atoms with Gasteiger partial charge in [-0.05, 0) is 32.3 Å². The van der Waals surface area contributed by atoms with Crippen molar-refractivity contribution in [2.75, 3.05) is 56.9 Å². The topological polar surface area (TPSA) is 144 Å². The van der Waals surface area contributed by atoms with E-state index in [0.29, 0.717) is 33.8 Å². The van der Waals surface area contributed by atoms with Gasteiger partial charge in [0, 0.05) is 43.9 Å². The zero-order valence-electron chi connectivity index (χ0n) is 22.3. The highest BCUT2D eigenvalue weighted by atomic mass is 16.5. The number of carbonyl (C=O) groups is 2. The summed E-state index contributed by atoms with van der Waals surface area (Å²) in [5.74, 6) is 0.221. The molecule has 4 N–H and O–H groups in total. The van der Waals surface area contributed by atoms with Crippen LogP contribution in [0.15, 0.2) is 61.3 Å². The van der Waals surface area contributed by atoms with Crippen molar-refractivity contribution in [3.63, 3.8) is 0 Å². The van der Waals surface area contributed by atoms with Crippen molar-refractivity contribution in [3.8, 4) is 11.6 Å². The quantitative estimate of drug-likeness (QED) is 0.250. The molecule has 0 saturated heterocycles. The van der Waals surface area contributed by atoms with Crippen LogP contribution in [0.1, 0.15) is 10.5 Å². The number of nitrogens with two attached hydrogens (primary N) is 1. The molecule has 202 valence electrons. The number of primary amides is 1. The first-order valence-corrected chi connectivity index (χ1v) is 12.1. The second kappa shape index (κ2) is 11.6. The lowest BCUT2D eigenvalue weighted by Crippen LogP contribution is -2.29. The first-order chi connectivity index (χ1) is 18.7. The van der Waals surface area contributed by atoms with E-state index in [0.717, 1.165) is 18.8 Å². The smallest absolute Gasteiger partial charge is 0.269 e. The fourth-order valence-corrected chi connectivity index (χ4v) is 3.98. The Morgan fingerprint density at radius 1 is 1.13 bits per heavy atom. The van der Waals surface area contributed by atoms with E-state index in [1.54, 1.807) is 31.5 Å². The Labute approximate surface area is 226 Å². The van der Waals surface area contributed by atoms with Crippen molar-refractivity contribution in [1.29, 1.82) is 0 Å². The molecule has 2 aromatic heterocycles. The number of aromatic nitrogens is 4. The highest BCUT2D eigenvalue weighted by Gasteiger charge is 2.18. The molecule has 4 aromatic rings. The number of likely N-dealkylation sites (N-methyl/N-ethyl adjacent to an activating group) is 2. The Morgan fingerprint density at radius 3 is 2.59 bits per heavy atom. The summed E-state index contributed by atoms with van der Waals surface area (Å²) in [7, 11) is 7.49. The normalized spacial score (nSPS) is 10.9. The van der Waals surface area contributed by atoms with Crippen molar-refractivity contribution in [3.05, 3.63) is 67.0 Å². The standard InChI is InChI=1S/C27H31N9O3/c1-6-24(37)30-18-15-19(22(39-5)16-21(18)35(4)14-13-34(2)3)31-27-29-12-11-23(32-27)36-20-10-8-7-9-17(20)25(33-36)26(28)38/h6-12,15-16H,1,13-14H2,2-5H3,(H2,28,38)(H,30,37)(H,29,31,32). The Bertz CT molecular complexity index is 1530. The van der Waals surface area contributed by atoms with E-state index in [-0.39, 0.29) is 17.5 Å². The number of rotatable bonds is 11. The summed E-state index contributed by atoms with van der Waals surface area (Å²) in [5.41, 5.74) is 8.23. The Hall–Kier alpha value is -4.97. The van der Waals surface area contributed by atoms with Gasteiger partial charge in [-0.3, -0.25) is 9.59 Å². The largest absolute Gasteiger partial charge is 0.494 e. The second-order valence-electron chi connectivity index (χ2n) is 8.99. The van der Waals surface area contributed by atoms with Gasteiger partial charge in [0.2, 0.25) is 11.9 Å². The fourth-order valence-electron chi connectivity index (χ4n) is 3.98. The molecular weight excluding hydrogens is 498 g/mol. The van der Waals surface area contributed by atoms with Gasteiger partial charge in [-0.1, -0.05) is 24.8 Å². The van der Waals surface area contributed by atoms with Crippen LogP contribution < -0.4 is 26.0 Å². The second-order valence-corrected chi connectivity index (χ2v) is 8.99. The molecule has 0 unspecified atom stereocenters. The molecule has 12 heteroatoms. The molecule has 0 atom stereocenters. The molecule has 39 heavy (non-hydrogen) atoms. The first kappa shape index (κ1) is 27.1. The summed E-state index contributed by atoms with van der Waals surface area (Å²) in [6, 6.07) is 12.5. The lowest BCUT2D eigenvalue weighted by Gasteiger charge is -2.26. The number of nitrogens with one attached hydrogen (secondary N) is 2. The minimum absolute atomic E-state index is 0.150. The summed E-state index contributed by atoms with van der Waals surface area (Å²) < 4.78 is 7.21. The predicted octanol–water partition coefficient (Wildman–Crippen LogP) is 2.79. The van der Waals surface area contributed by atoms with E-state index < -0.39 is 5.91 Å². The van der Waals surface area contributed by atoms with Crippen LogP contribution in [0.4, 0.5) is 23.0 Å². The zero-order valence-corrected chi connectivity index (χ0v) is 22.3. The maximum atomic E-state index is 12.2. The van der Waals surface area contributed by atoms with E-state index in [2.05, 4.69) is 37.2 Å². The number of methoxy groups -OCH3 is 1. The Morgan fingerprint density at radius 2 is 1.90 bits per heavy atom. The van der Waals surface area contributed by atoms with Gasteiger partial charge in [0.1, 0.15) is 5.75 Å². The molecule has 0 radical (unpaired) electrons. The molecule has 0 aliphatic heterocycles. The molecule has 2 amide bonds. The van der Waals surface area contributed by atoms with Crippen LogP contribution in [-0.4, -0.2) is 77.8 Å². The summed E-state index contributed by atoms with van der Waals surface area (Å²) in [4.78, 5) is 37.2. The van der Waals surface area contributed by atoms with Gasteiger partial charge < -0.3 is 30.9 Å². The Balaban J connectivity index is 1.73. The number of para-hydroxylation sites is 1. The molecular formula is C27H31N9O3. The van der Waals surface area contributed by atoms with Crippen molar-refractivity contribution < 1.29 is 14.3 Å². The molecule has 4 rings (SSSR count). The summed E-state index contributed by atoms with van der Waals surface area (Å²) >= 11 is 0. The number of hydrogen-bond acceptors (Lipinski definition) is 9. The SMILES string of the molecule is C=CC(=O)Nc1cc(Nc2nccc(-n3nc(C(N)=O)c4ccccc43)n2)c(OC)cc1N(C)CCN(C)C. The first-order valence-electron chi connectivity index (χ1n) is 12.1. The maximum Gasteiger partial charge on any atom is 0.269 e. The predicted molar refractivity (Wildman–Crippen MR) is 152 cm³/mol. The lowest BCUT2D eigenvalue weighted by molar-refractivity contribution is -0.111. The minimum Gasteiger partial charge on any atom is -0.494 e. The van der Waals surface area contributed by atoms with Crippen LogP contribution in [0, 0.1) is 0 Å². The van der Waals surface area contributed by atoms with Crippen molar-refractivity contribution >= 4 is 45.7 Å². The molecule has 0 bridgehead atoms. The third kappa shape index (κ3) is 5.96. The van der Waals surface area contributed by atoms with Crippen molar-refractivity contribution in [2.45, 2.75) is 0 Å². The lowest BCUT2D eigenvalue weighted by atomic mass is 10.2.